The zero-order chi connectivity index (χ0) is 23.4. The molecule has 3 heterocycles. The number of fused-ring (bicyclic) bond motifs is 3. The first kappa shape index (κ1) is 21.9. The molecule has 33 heavy (non-hydrogen) atoms. The van der Waals surface area contributed by atoms with Crippen molar-refractivity contribution >= 4 is 39.5 Å². The maximum Gasteiger partial charge on any atom is 0.118 e. The Morgan fingerprint density at radius 3 is 2.21 bits per heavy atom. The average Bonchev–Trinajstić information content (AvgIpc) is 3.34. The predicted molar refractivity (Wildman–Crippen MR) is 137 cm³/mol. The quantitative estimate of drug-likeness (QED) is 0.264. The number of aromatic nitrogens is 3. The standard InChI is InChI=1S/C27H25Cl2N3O/c1-15-26-17(3)32(16(2)19-6-9-22(33-5)10-7-19)18(4)27(26)25-13-21(14-31(25)30-15)20-8-11-23(28)24(29)12-20/h6-14,16H,1-5H3. The lowest BCUT2D eigenvalue weighted by atomic mass is 10.1. The molecule has 4 nitrogen and oxygen atoms in total. The van der Waals surface area contributed by atoms with Crippen LogP contribution in [0.15, 0.2) is 54.7 Å². The van der Waals surface area contributed by atoms with Gasteiger partial charge in [0.2, 0.25) is 0 Å². The molecule has 0 spiro atoms. The van der Waals surface area contributed by atoms with Gasteiger partial charge in [-0.3, -0.25) is 0 Å². The SMILES string of the molecule is COc1ccc(C(C)n2c(C)c3c(C)nn4cc(-c5ccc(Cl)c(Cl)c5)cc4c3c2C)cc1. The summed E-state index contributed by atoms with van der Waals surface area (Å²) in [6, 6.07) is 16.4. The summed E-state index contributed by atoms with van der Waals surface area (Å²) in [7, 11) is 1.69. The smallest absolute Gasteiger partial charge is 0.118 e. The molecule has 0 amide bonds. The van der Waals surface area contributed by atoms with Crippen LogP contribution in [0.4, 0.5) is 0 Å². The van der Waals surface area contributed by atoms with Gasteiger partial charge in [-0.15, -0.1) is 0 Å². The van der Waals surface area contributed by atoms with E-state index in [0.717, 1.165) is 28.1 Å². The van der Waals surface area contributed by atoms with Crippen LogP contribution in [0.25, 0.3) is 27.4 Å². The van der Waals surface area contributed by atoms with Gasteiger partial charge < -0.3 is 9.30 Å². The first-order valence-corrected chi connectivity index (χ1v) is 11.6. The number of hydrogen-bond acceptors (Lipinski definition) is 2. The van der Waals surface area contributed by atoms with Gasteiger partial charge in [-0.1, -0.05) is 41.4 Å². The van der Waals surface area contributed by atoms with Gasteiger partial charge in [0.1, 0.15) is 5.75 Å². The molecule has 0 aliphatic rings. The number of halogens is 2. The second-order valence-electron chi connectivity index (χ2n) is 8.51. The summed E-state index contributed by atoms with van der Waals surface area (Å²) in [5.74, 6) is 0.863. The van der Waals surface area contributed by atoms with Gasteiger partial charge >= 0.3 is 0 Å². The van der Waals surface area contributed by atoms with Crippen LogP contribution < -0.4 is 4.74 Å². The van der Waals surface area contributed by atoms with Crippen LogP contribution in [-0.2, 0) is 0 Å². The largest absolute Gasteiger partial charge is 0.497 e. The third kappa shape index (κ3) is 3.49. The van der Waals surface area contributed by atoms with Crippen LogP contribution in [0.5, 0.6) is 5.75 Å². The van der Waals surface area contributed by atoms with Crippen molar-refractivity contribution in [1.82, 2.24) is 14.2 Å². The lowest BCUT2D eigenvalue weighted by Crippen LogP contribution is -2.10. The normalized spacial score (nSPS) is 12.6. The van der Waals surface area contributed by atoms with Gasteiger partial charge in [0, 0.05) is 33.9 Å². The third-order valence-electron chi connectivity index (χ3n) is 6.61. The van der Waals surface area contributed by atoms with E-state index in [1.54, 1.807) is 7.11 Å². The van der Waals surface area contributed by atoms with E-state index in [1.165, 1.54) is 27.7 Å². The molecule has 3 aromatic heterocycles. The van der Waals surface area contributed by atoms with Gasteiger partial charge in [0.05, 0.1) is 34.4 Å². The first-order chi connectivity index (χ1) is 15.8. The van der Waals surface area contributed by atoms with Crippen LogP contribution >= 0.6 is 23.2 Å². The van der Waals surface area contributed by atoms with Crippen molar-refractivity contribution in [3.05, 3.63) is 87.4 Å². The summed E-state index contributed by atoms with van der Waals surface area (Å²) in [6.45, 7) is 8.69. The molecule has 0 saturated carbocycles. The molecule has 0 bridgehead atoms. The van der Waals surface area contributed by atoms with Crippen LogP contribution in [0.3, 0.4) is 0 Å². The lowest BCUT2D eigenvalue weighted by Gasteiger charge is -2.19. The Labute approximate surface area is 203 Å². The van der Waals surface area contributed by atoms with Crippen molar-refractivity contribution < 1.29 is 4.74 Å². The highest BCUT2D eigenvalue weighted by Crippen LogP contribution is 2.37. The fourth-order valence-corrected chi connectivity index (χ4v) is 5.29. The highest BCUT2D eigenvalue weighted by Gasteiger charge is 2.22. The van der Waals surface area contributed by atoms with Crippen molar-refractivity contribution in [2.45, 2.75) is 33.7 Å². The number of nitrogens with zero attached hydrogens (tertiary/aromatic N) is 3. The molecule has 1 unspecified atom stereocenters. The fraction of sp³-hybridized carbons (Fsp3) is 0.222. The van der Waals surface area contributed by atoms with Crippen molar-refractivity contribution in [2.75, 3.05) is 7.11 Å². The second kappa shape index (κ2) is 8.12. The van der Waals surface area contributed by atoms with E-state index in [2.05, 4.69) is 56.7 Å². The maximum absolute atomic E-state index is 6.28. The van der Waals surface area contributed by atoms with E-state index in [0.29, 0.717) is 10.0 Å². The molecule has 5 aromatic rings. The summed E-state index contributed by atoms with van der Waals surface area (Å²) >= 11 is 12.4. The zero-order valence-electron chi connectivity index (χ0n) is 19.3. The summed E-state index contributed by atoms with van der Waals surface area (Å²) < 4.78 is 9.72. The Kier molecular flexibility index (Phi) is 5.38. The third-order valence-corrected chi connectivity index (χ3v) is 7.35. The molecule has 168 valence electrons. The number of rotatable bonds is 4. The average molecular weight is 478 g/mol. The van der Waals surface area contributed by atoms with Crippen LogP contribution in [0.2, 0.25) is 10.0 Å². The van der Waals surface area contributed by atoms with Crippen LogP contribution in [0.1, 0.15) is 35.6 Å². The minimum absolute atomic E-state index is 0.173. The van der Waals surface area contributed by atoms with E-state index in [1.807, 2.05) is 34.8 Å². The fourth-order valence-electron chi connectivity index (χ4n) is 4.99. The minimum atomic E-state index is 0.173. The van der Waals surface area contributed by atoms with Gasteiger partial charge in [0.25, 0.3) is 0 Å². The Morgan fingerprint density at radius 1 is 0.848 bits per heavy atom. The second-order valence-corrected chi connectivity index (χ2v) is 9.33. The summed E-state index contributed by atoms with van der Waals surface area (Å²) in [4.78, 5) is 0. The van der Waals surface area contributed by atoms with E-state index in [9.17, 15) is 0 Å². The number of aryl methyl sites for hydroxylation is 3. The summed E-state index contributed by atoms with van der Waals surface area (Å²) in [5, 5.41) is 8.42. The Balaban J connectivity index is 1.71. The van der Waals surface area contributed by atoms with Gasteiger partial charge in [-0.05, 0) is 69.2 Å². The van der Waals surface area contributed by atoms with Crippen molar-refractivity contribution in [3.63, 3.8) is 0 Å². The molecule has 0 radical (unpaired) electrons. The Morgan fingerprint density at radius 2 is 1.55 bits per heavy atom. The molecule has 2 aromatic carbocycles. The van der Waals surface area contributed by atoms with Gasteiger partial charge in [0.15, 0.2) is 0 Å². The Hall–Kier alpha value is -2.95. The molecule has 0 N–H and O–H groups in total. The molecule has 0 aliphatic carbocycles. The monoisotopic (exact) mass is 477 g/mol. The lowest BCUT2D eigenvalue weighted by molar-refractivity contribution is 0.414. The van der Waals surface area contributed by atoms with Crippen molar-refractivity contribution in [2.24, 2.45) is 0 Å². The van der Waals surface area contributed by atoms with E-state index >= 15 is 0 Å². The first-order valence-electron chi connectivity index (χ1n) is 10.9. The van der Waals surface area contributed by atoms with Crippen LogP contribution in [0, 0.1) is 20.8 Å². The predicted octanol–water partition coefficient (Wildman–Crippen LogP) is 7.81. The molecular formula is C27H25Cl2N3O. The molecule has 0 aliphatic heterocycles. The number of ether oxygens (including phenoxy) is 1. The topological polar surface area (TPSA) is 31.5 Å². The maximum atomic E-state index is 6.28. The highest BCUT2D eigenvalue weighted by molar-refractivity contribution is 6.42. The zero-order valence-corrected chi connectivity index (χ0v) is 20.8. The molecular weight excluding hydrogens is 453 g/mol. The molecule has 6 heteroatoms. The van der Waals surface area contributed by atoms with Gasteiger partial charge in [-0.25, -0.2) is 4.52 Å². The van der Waals surface area contributed by atoms with Crippen LogP contribution in [-0.4, -0.2) is 21.3 Å². The number of hydrogen-bond donors (Lipinski definition) is 0. The summed E-state index contributed by atoms with van der Waals surface area (Å²) in [5.41, 5.74) is 7.83. The Bertz CT molecular complexity index is 1510. The number of methoxy groups -OCH3 is 1. The minimum Gasteiger partial charge on any atom is -0.497 e. The molecule has 0 fully saturated rings. The van der Waals surface area contributed by atoms with E-state index in [4.69, 9.17) is 33.0 Å². The molecule has 0 saturated heterocycles. The summed E-state index contributed by atoms with van der Waals surface area (Å²) in [6.07, 6.45) is 2.06. The highest BCUT2D eigenvalue weighted by atomic mass is 35.5. The molecule has 5 rings (SSSR count). The van der Waals surface area contributed by atoms with Gasteiger partial charge in [-0.2, -0.15) is 5.10 Å². The van der Waals surface area contributed by atoms with E-state index in [-0.39, 0.29) is 6.04 Å². The number of benzene rings is 2. The van der Waals surface area contributed by atoms with Crippen molar-refractivity contribution in [1.29, 1.82) is 0 Å². The van der Waals surface area contributed by atoms with E-state index < -0.39 is 0 Å². The van der Waals surface area contributed by atoms with Crippen molar-refractivity contribution in [3.8, 4) is 16.9 Å². The molecule has 1 atom stereocenters.